The first-order valence-corrected chi connectivity index (χ1v) is 33.2. The standard InChI is InChI=1S/C73H110O10/c1-3-5-7-9-11-13-15-17-19-21-23-25-27-29-43-53-68(74)77-59-66(82-69(75)54-44-30-28-26-24-22-20-18-16-14-12-10-8-6-4-2)60-81-73-72(80-58-65-51-41-34-42-52-65)71(79-57-64-49-39-33-40-50-64)70(78-56-63-47-37-32-38-48-63)67(83-73)61-76-55-62-45-35-31-36-46-62/h31-42,45-52,66-67,70-73H,3-30,43-44,53-61H2,1-2H3. The van der Waals surface area contributed by atoms with Crippen molar-refractivity contribution in [2.45, 2.75) is 283 Å². The summed E-state index contributed by atoms with van der Waals surface area (Å²) in [6, 6.07) is 40.1. The van der Waals surface area contributed by atoms with E-state index in [1.807, 2.05) is 121 Å². The highest BCUT2D eigenvalue weighted by Crippen LogP contribution is 2.32. The molecule has 1 aliphatic rings. The zero-order valence-electron chi connectivity index (χ0n) is 51.7. The number of rotatable bonds is 51. The van der Waals surface area contributed by atoms with Gasteiger partial charge in [-0.15, -0.1) is 0 Å². The van der Waals surface area contributed by atoms with Crippen molar-refractivity contribution in [1.82, 2.24) is 0 Å². The normalized spacial score (nSPS) is 17.3. The Morgan fingerprint density at radius 2 is 0.711 bits per heavy atom. The van der Waals surface area contributed by atoms with Crippen molar-refractivity contribution in [2.75, 3.05) is 19.8 Å². The van der Waals surface area contributed by atoms with Crippen molar-refractivity contribution in [3.05, 3.63) is 144 Å². The van der Waals surface area contributed by atoms with Crippen LogP contribution in [0.25, 0.3) is 0 Å². The van der Waals surface area contributed by atoms with Crippen LogP contribution in [0.15, 0.2) is 121 Å². The molecule has 83 heavy (non-hydrogen) atoms. The van der Waals surface area contributed by atoms with Gasteiger partial charge in [0.1, 0.15) is 31.0 Å². The average Bonchev–Trinajstić information content (AvgIpc) is 3.55. The molecule has 0 aliphatic carbocycles. The molecule has 0 saturated carbocycles. The fraction of sp³-hybridized carbons (Fsp3) is 0.644. The maximum atomic E-state index is 13.7. The molecule has 0 amide bonds. The Morgan fingerprint density at radius 1 is 0.373 bits per heavy atom. The van der Waals surface area contributed by atoms with Crippen LogP contribution in [0, 0.1) is 0 Å². The number of carbonyl (C=O) groups is 2. The van der Waals surface area contributed by atoms with E-state index in [1.165, 1.54) is 154 Å². The second kappa shape index (κ2) is 46.8. The summed E-state index contributed by atoms with van der Waals surface area (Å²) in [5, 5.41) is 0. The Bertz CT molecular complexity index is 2120. The van der Waals surface area contributed by atoms with Gasteiger partial charge in [-0.3, -0.25) is 9.59 Å². The highest BCUT2D eigenvalue weighted by Gasteiger charge is 2.49. The minimum absolute atomic E-state index is 0.106. The lowest BCUT2D eigenvalue weighted by molar-refractivity contribution is -0.331. The second-order valence-electron chi connectivity index (χ2n) is 23.4. The third-order valence-electron chi connectivity index (χ3n) is 16.0. The number of unbranched alkanes of at least 4 members (excludes halogenated alkanes) is 28. The summed E-state index contributed by atoms with van der Waals surface area (Å²) in [7, 11) is 0. The van der Waals surface area contributed by atoms with Crippen LogP contribution in [0.2, 0.25) is 0 Å². The Kier molecular flexibility index (Phi) is 39.1. The molecule has 4 aromatic carbocycles. The quantitative estimate of drug-likeness (QED) is 0.0313. The molecule has 0 N–H and O–H groups in total. The topological polar surface area (TPSA) is 108 Å². The van der Waals surface area contributed by atoms with Crippen LogP contribution in [0.4, 0.5) is 0 Å². The molecule has 0 radical (unpaired) electrons. The van der Waals surface area contributed by atoms with Crippen LogP contribution >= 0.6 is 0 Å². The van der Waals surface area contributed by atoms with E-state index in [0.717, 1.165) is 60.8 Å². The molecule has 1 aliphatic heterocycles. The molecule has 10 nitrogen and oxygen atoms in total. The van der Waals surface area contributed by atoms with Gasteiger partial charge in [0.05, 0.1) is 39.6 Å². The molecule has 6 atom stereocenters. The molecule has 1 heterocycles. The molecule has 0 aromatic heterocycles. The van der Waals surface area contributed by atoms with Crippen LogP contribution in [0.3, 0.4) is 0 Å². The number of hydrogen-bond donors (Lipinski definition) is 0. The molecular weight excluding hydrogens is 1040 g/mol. The van der Waals surface area contributed by atoms with E-state index >= 15 is 0 Å². The van der Waals surface area contributed by atoms with Gasteiger partial charge in [-0.1, -0.05) is 315 Å². The fourth-order valence-corrected chi connectivity index (χ4v) is 11.0. The van der Waals surface area contributed by atoms with E-state index in [9.17, 15) is 9.59 Å². The Morgan fingerprint density at radius 3 is 1.11 bits per heavy atom. The predicted octanol–water partition coefficient (Wildman–Crippen LogP) is 18.7. The van der Waals surface area contributed by atoms with Crippen LogP contribution in [0.1, 0.15) is 242 Å². The van der Waals surface area contributed by atoms with Crippen molar-refractivity contribution >= 4 is 11.9 Å². The zero-order chi connectivity index (χ0) is 58.3. The van der Waals surface area contributed by atoms with Crippen LogP contribution in [-0.4, -0.2) is 68.6 Å². The van der Waals surface area contributed by atoms with Crippen molar-refractivity contribution in [3.63, 3.8) is 0 Å². The first-order chi connectivity index (χ1) is 41.0. The molecule has 462 valence electrons. The van der Waals surface area contributed by atoms with Crippen LogP contribution < -0.4 is 0 Å². The van der Waals surface area contributed by atoms with Gasteiger partial charge in [0, 0.05) is 12.8 Å². The third-order valence-corrected chi connectivity index (χ3v) is 16.0. The molecule has 0 bridgehead atoms. The fourth-order valence-electron chi connectivity index (χ4n) is 11.0. The average molecular weight is 1150 g/mol. The predicted molar refractivity (Wildman–Crippen MR) is 336 cm³/mol. The summed E-state index contributed by atoms with van der Waals surface area (Å²) in [6.07, 6.45) is 33.4. The van der Waals surface area contributed by atoms with E-state index in [4.69, 9.17) is 37.9 Å². The maximum absolute atomic E-state index is 13.7. The number of carbonyl (C=O) groups excluding carboxylic acids is 2. The minimum Gasteiger partial charge on any atom is -0.462 e. The van der Waals surface area contributed by atoms with Crippen LogP contribution in [-0.2, 0) is 73.9 Å². The summed E-state index contributed by atoms with van der Waals surface area (Å²) in [5.74, 6) is -0.636. The summed E-state index contributed by atoms with van der Waals surface area (Å²) >= 11 is 0. The van der Waals surface area contributed by atoms with Crippen molar-refractivity contribution in [1.29, 1.82) is 0 Å². The minimum atomic E-state index is -1.02. The Balaban J connectivity index is 1.22. The second-order valence-corrected chi connectivity index (χ2v) is 23.4. The molecule has 1 saturated heterocycles. The summed E-state index contributed by atoms with van der Waals surface area (Å²) < 4.78 is 52.9. The van der Waals surface area contributed by atoms with Gasteiger partial charge in [0.2, 0.25) is 0 Å². The van der Waals surface area contributed by atoms with Crippen molar-refractivity contribution in [3.8, 4) is 0 Å². The third kappa shape index (κ3) is 32.6. The van der Waals surface area contributed by atoms with Gasteiger partial charge in [0.25, 0.3) is 0 Å². The lowest BCUT2D eigenvalue weighted by atomic mass is 9.97. The Labute approximate surface area is 503 Å². The molecule has 0 spiro atoms. The summed E-state index contributed by atoms with van der Waals surface area (Å²) in [5.41, 5.74) is 3.99. The summed E-state index contributed by atoms with van der Waals surface area (Å²) in [4.78, 5) is 27.1. The number of hydrogen-bond acceptors (Lipinski definition) is 10. The number of benzene rings is 4. The molecule has 4 aromatic rings. The highest BCUT2D eigenvalue weighted by atomic mass is 16.7. The van der Waals surface area contributed by atoms with E-state index < -0.39 is 36.8 Å². The monoisotopic (exact) mass is 1150 g/mol. The SMILES string of the molecule is CCCCCCCCCCCCCCCCCC(=O)OCC(COC1OC(COCc2ccccc2)C(OCc2ccccc2)C(OCc2ccccc2)C1OCc1ccccc1)OC(=O)CCCCCCCCCCCCCCCCC. The molecule has 10 heteroatoms. The van der Waals surface area contributed by atoms with E-state index in [2.05, 4.69) is 13.8 Å². The molecule has 5 rings (SSSR count). The van der Waals surface area contributed by atoms with Gasteiger partial charge in [0.15, 0.2) is 12.4 Å². The van der Waals surface area contributed by atoms with Gasteiger partial charge in [-0.25, -0.2) is 0 Å². The Hall–Kier alpha value is -4.42. The van der Waals surface area contributed by atoms with Gasteiger partial charge >= 0.3 is 11.9 Å². The van der Waals surface area contributed by atoms with Crippen LogP contribution in [0.5, 0.6) is 0 Å². The maximum Gasteiger partial charge on any atom is 0.306 e. The van der Waals surface area contributed by atoms with E-state index in [0.29, 0.717) is 19.6 Å². The number of esters is 2. The van der Waals surface area contributed by atoms with Crippen molar-refractivity contribution < 1.29 is 47.5 Å². The zero-order valence-corrected chi connectivity index (χ0v) is 51.7. The molecule has 1 fully saturated rings. The van der Waals surface area contributed by atoms with Gasteiger partial charge < -0.3 is 37.9 Å². The first kappa shape index (κ1) is 69.4. The molecule has 6 unspecified atom stereocenters. The lowest BCUT2D eigenvalue weighted by Gasteiger charge is -2.46. The summed E-state index contributed by atoms with van der Waals surface area (Å²) in [6.45, 7) is 5.66. The molecular formula is C73H110O10. The van der Waals surface area contributed by atoms with Crippen molar-refractivity contribution in [2.24, 2.45) is 0 Å². The first-order valence-electron chi connectivity index (χ1n) is 33.2. The lowest BCUT2D eigenvalue weighted by Crippen LogP contribution is -2.62. The number of ether oxygens (including phenoxy) is 8. The smallest absolute Gasteiger partial charge is 0.306 e. The van der Waals surface area contributed by atoms with Gasteiger partial charge in [-0.2, -0.15) is 0 Å². The van der Waals surface area contributed by atoms with Gasteiger partial charge in [-0.05, 0) is 35.1 Å². The van der Waals surface area contributed by atoms with E-state index in [1.54, 1.807) is 0 Å². The largest absolute Gasteiger partial charge is 0.462 e. The van der Waals surface area contributed by atoms with E-state index in [-0.39, 0.29) is 51.4 Å². The highest BCUT2D eigenvalue weighted by molar-refractivity contribution is 5.70.